The third kappa shape index (κ3) is 4.58. The Hall–Kier alpha value is -3.92. The lowest BCUT2D eigenvalue weighted by Gasteiger charge is -2.38. The number of nitrogens with zero attached hydrogens (tertiary/aromatic N) is 6. The van der Waals surface area contributed by atoms with E-state index in [4.69, 9.17) is 4.42 Å². The summed E-state index contributed by atoms with van der Waals surface area (Å²) in [5, 5.41) is 12.3. The number of carbonyl (C=O) groups excluding carboxylic acids is 1. The van der Waals surface area contributed by atoms with Gasteiger partial charge in [0, 0.05) is 26.2 Å². The minimum Gasteiger partial charge on any atom is -0.459 e. The molecule has 0 saturated carbocycles. The molecule has 0 aliphatic carbocycles. The number of piperazine rings is 1. The van der Waals surface area contributed by atoms with Crippen LogP contribution in [0.25, 0.3) is 0 Å². The average Bonchev–Trinajstić information content (AvgIpc) is 3.55. The molecular weight excluding hydrogens is 442 g/mol. The van der Waals surface area contributed by atoms with Crippen LogP contribution in [0.4, 0.5) is 8.78 Å². The Morgan fingerprint density at radius 2 is 1.62 bits per heavy atom. The zero-order chi connectivity index (χ0) is 23.5. The zero-order valence-electron chi connectivity index (χ0n) is 18.2. The van der Waals surface area contributed by atoms with E-state index in [-0.39, 0.29) is 23.6 Å². The van der Waals surface area contributed by atoms with Crippen molar-refractivity contribution in [2.45, 2.75) is 12.6 Å². The molecule has 0 spiro atoms. The van der Waals surface area contributed by atoms with E-state index in [9.17, 15) is 13.6 Å². The number of furan rings is 1. The molecular formula is C24H22F2N6O2. The maximum absolute atomic E-state index is 13.7. The van der Waals surface area contributed by atoms with Crippen molar-refractivity contribution in [2.24, 2.45) is 0 Å². The Morgan fingerprint density at radius 3 is 2.26 bits per heavy atom. The minimum atomic E-state index is -0.350. The molecule has 10 heteroatoms. The number of tetrazole rings is 1. The summed E-state index contributed by atoms with van der Waals surface area (Å²) in [4.78, 5) is 16.6. The highest BCUT2D eigenvalue weighted by Crippen LogP contribution is 2.29. The van der Waals surface area contributed by atoms with Crippen molar-refractivity contribution in [3.8, 4) is 0 Å². The third-order valence-electron chi connectivity index (χ3n) is 5.93. The molecule has 4 aromatic rings. The summed E-state index contributed by atoms with van der Waals surface area (Å²) in [6.07, 6.45) is 1.48. The Labute approximate surface area is 194 Å². The van der Waals surface area contributed by atoms with Gasteiger partial charge in [0.25, 0.3) is 5.91 Å². The topological polar surface area (TPSA) is 80.3 Å². The average molecular weight is 464 g/mol. The van der Waals surface area contributed by atoms with Crippen molar-refractivity contribution in [3.63, 3.8) is 0 Å². The van der Waals surface area contributed by atoms with E-state index in [1.807, 2.05) is 0 Å². The van der Waals surface area contributed by atoms with Crippen LogP contribution in [-0.4, -0.2) is 62.1 Å². The van der Waals surface area contributed by atoms with Crippen LogP contribution < -0.4 is 0 Å². The van der Waals surface area contributed by atoms with Gasteiger partial charge in [-0.25, -0.2) is 13.5 Å². The van der Waals surface area contributed by atoms with Crippen LogP contribution in [0.3, 0.4) is 0 Å². The second kappa shape index (κ2) is 9.52. The molecule has 34 heavy (non-hydrogen) atoms. The fraction of sp³-hybridized carbons (Fsp3) is 0.250. The molecule has 0 radical (unpaired) electrons. The first-order valence-electron chi connectivity index (χ1n) is 10.9. The lowest BCUT2D eigenvalue weighted by molar-refractivity contribution is 0.0559. The molecule has 1 atom stereocenters. The second-order valence-corrected chi connectivity index (χ2v) is 8.08. The number of hydrogen-bond donors (Lipinski definition) is 0. The molecule has 1 saturated heterocycles. The van der Waals surface area contributed by atoms with Crippen molar-refractivity contribution in [2.75, 3.05) is 26.2 Å². The maximum atomic E-state index is 13.7. The van der Waals surface area contributed by atoms with Gasteiger partial charge in [0.15, 0.2) is 11.6 Å². The molecule has 5 rings (SSSR count). The normalized spacial score (nSPS) is 15.4. The Kier molecular flexibility index (Phi) is 6.13. The molecule has 0 N–H and O–H groups in total. The van der Waals surface area contributed by atoms with Gasteiger partial charge in [-0.15, -0.1) is 5.10 Å². The van der Waals surface area contributed by atoms with Crippen LogP contribution in [0.2, 0.25) is 0 Å². The van der Waals surface area contributed by atoms with Crippen LogP contribution in [-0.2, 0) is 6.54 Å². The zero-order valence-corrected chi connectivity index (χ0v) is 18.2. The fourth-order valence-electron chi connectivity index (χ4n) is 4.19. The molecule has 8 nitrogen and oxygen atoms in total. The quantitative estimate of drug-likeness (QED) is 0.436. The Bertz CT molecular complexity index is 1230. The Morgan fingerprint density at radius 1 is 0.941 bits per heavy atom. The fourth-order valence-corrected chi connectivity index (χ4v) is 4.19. The molecule has 174 valence electrons. The van der Waals surface area contributed by atoms with Crippen molar-refractivity contribution in [1.82, 2.24) is 30.0 Å². The van der Waals surface area contributed by atoms with E-state index in [1.165, 1.54) is 30.5 Å². The lowest BCUT2D eigenvalue weighted by Crippen LogP contribution is -2.50. The number of halogens is 2. The van der Waals surface area contributed by atoms with Crippen molar-refractivity contribution < 1.29 is 18.0 Å². The molecule has 1 fully saturated rings. The van der Waals surface area contributed by atoms with E-state index in [1.54, 1.807) is 46.0 Å². The van der Waals surface area contributed by atoms with Crippen molar-refractivity contribution >= 4 is 5.91 Å². The number of amides is 1. The highest BCUT2D eigenvalue weighted by atomic mass is 19.1. The number of rotatable bonds is 6. The standard InChI is InChI=1S/C24H22F2N6O2/c25-19-7-3-17(4-8-19)16-32-23(27-28-29-32)22(18-5-9-20(26)10-6-18)30-11-13-31(14-12-30)24(33)21-2-1-15-34-21/h1-10,15,22H,11-14,16H2. The first kappa shape index (κ1) is 21.9. The SMILES string of the molecule is O=C(c1ccco1)N1CCN(C(c2ccc(F)cc2)c2nnnn2Cc2ccc(F)cc2)CC1. The van der Waals surface area contributed by atoms with E-state index in [0.717, 1.165) is 11.1 Å². The molecule has 1 aliphatic heterocycles. The molecule has 2 aromatic carbocycles. The van der Waals surface area contributed by atoms with E-state index in [0.29, 0.717) is 44.3 Å². The van der Waals surface area contributed by atoms with Gasteiger partial charge in [-0.05, 0) is 58.0 Å². The number of hydrogen-bond acceptors (Lipinski definition) is 6. The summed E-state index contributed by atoms with van der Waals surface area (Å²) < 4.78 is 33.9. The van der Waals surface area contributed by atoms with E-state index < -0.39 is 0 Å². The van der Waals surface area contributed by atoms with Crippen LogP contribution >= 0.6 is 0 Å². The van der Waals surface area contributed by atoms with Gasteiger partial charge in [-0.2, -0.15) is 0 Å². The van der Waals surface area contributed by atoms with Gasteiger partial charge >= 0.3 is 0 Å². The van der Waals surface area contributed by atoms with Gasteiger partial charge in [0.05, 0.1) is 18.8 Å². The largest absolute Gasteiger partial charge is 0.459 e. The van der Waals surface area contributed by atoms with Crippen molar-refractivity contribution in [3.05, 3.63) is 101 Å². The monoisotopic (exact) mass is 464 g/mol. The van der Waals surface area contributed by atoms with E-state index in [2.05, 4.69) is 20.4 Å². The van der Waals surface area contributed by atoms with Crippen molar-refractivity contribution in [1.29, 1.82) is 0 Å². The maximum Gasteiger partial charge on any atom is 0.289 e. The minimum absolute atomic E-state index is 0.149. The number of benzene rings is 2. The molecule has 3 heterocycles. The predicted molar refractivity (Wildman–Crippen MR) is 118 cm³/mol. The first-order valence-corrected chi connectivity index (χ1v) is 10.9. The predicted octanol–water partition coefficient (Wildman–Crippen LogP) is 3.14. The van der Waals surface area contributed by atoms with Crippen LogP contribution in [0.1, 0.15) is 33.5 Å². The summed E-state index contributed by atoms with van der Waals surface area (Å²) in [6, 6.07) is 15.4. The van der Waals surface area contributed by atoms with Crippen LogP contribution in [0, 0.1) is 11.6 Å². The smallest absolute Gasteiger partial charge is 0.289 e. The molecule has 1 unspecified atom stereocenters. The first-order chi connectivity index (χ1) is 16.6. The van der Waals surface area contributed by atoms with Crippen LogP contribution in [0.15, 0.2) is 71.3 Å². The summed E-state index contributed by atoms with van der Waals surface area (Å²) in [5.74, 6) is 0.103. The summed E-state index contributed by atoms with van der Waals surface area (Å²) >= 11 is 0. The molecule has 1 amide bonds. The number of aromatic nitrogens is 4. The molecule has 2 aromatic heterocycles. The molecule has 0 bridgehead atoms. The van der Waals surface area contributed by atoms with Gasteiger partial charge in [0.1, 0.15) is 11.6 Å². The van der Waals surface area contributed by atoms with Crippen LogP contribution in [0.5, 0.6) is 0 Å². The van der Waals surface area contributed by atoms with Gasteiger partial charge < -0.3 is 9.32 Å². The highest BCUT2D eigenvalue weighted by molar-refractivity contribution is 5.91. The number of carbonyl (C=O) groups is 1. The van der Waals surface area contributed by atoms with Gasteiger partial charge in [0.2, 0.25) is 0 Å². The van der Waals surface area contributed by atoms with E-state index >= 15 is 0 Å². The lowest BCUT2D eigenvalue weighted by atomic mass is 10.0. The Balaban J connectivity index is 1.40. The summed E-state index contributed by atoms with van der Waals surface area (Å²) in [7, 11) is 0. The third-order valence-corrected chi connectivity index (χ3v) is 5.93. The summed E-state index contributed by atoms with van der Waals surface area (Å²) in [5.41, 5.74) is 1.68. The molecule has 1 aliphatic rings. The second-order valence-electron chi connectivity index (χ2n) is 8.08. The summed E-state index contributed by atoms with van der Waals surface area (Å²) in [6.45, 7) is 2.49. The van der Waals surface area contributed by atoms with Gasteiger partial charge in [-0.3, -0.25) is 9.69 Å². The van der Waals surface area contributed by atoms with Gasteiger partial charge in [-0.1, -0.05) is 24.3 Å². The highest BCUT2D eigenvalue weighted by Gasteiger charge is 2.32.